The Kier molecular flexibility index (Phi) is 2.99. The van der Waals surface area contributed by atoms with Gasteiger partial charge in [0.05, 0.1) is 18.2 Å². The average molecular weight is 289 g/mol. The summed E-state index contributed by atoms with van der Waals surface area (Å²) in [6.07, 6.45) is 7.65. The Morgan fingerprint density at radius 2 is 2.20 bits per heavy atom. The fourth-order valence-corrected chi connectivity index (χ4v) is 2.70. The quantitative estimate of drug-likeness (QED) is 0.759. The third kappa shape index (κ3) is 2.41. The Balaban J connectivity index is 1.91. The number of aromatic nitrogens is 4. The number of anilines is 1. The largest absolute Gasteiger partial charge is 0.306 e. The minimum atomic E-state index is -3.62. The van der Waals surface area contributed by atoms with Crippen molar-refractivity contribution in [2.24, 2.45) is 0 Å². The number of sulfonamides is 1. The van der Waals surface area contributed by atoms with E-state index in [4.69, 9.17) is 0 Å². The Hall–Kier alpha value is -2.61. The van der Waals surface area contributed by atoms with Gasteiger partial charge < -0.3 is 4.57 Å². The van der Waals surface area contributed by atoms with Crippen molar-refractivity contribution in [1.29, 1.82) is 0 Å². The summed E-state index contributed by atoms with van der Waals surface area (Å²) in [6.45, 7) is 0. The Morgan fingerprint density at radius 1 is 1.30 bits per heavy atom. The highest BCUT2D eigenvalue weighted by atomic mass is 32.2. The molecule has 102 valence electrons. The first kappa shape index (κ1) is 12.4. The number of hydrogen-bond donors (Lipinski definition) is 2. The van der Waals surface area contributed by atoms with Crippen LogP contribution < -0.4 is 4.72 Å². The van der Waals surface area contributed by atoms with E-state index in [1.54, 1.807) is 41.5 Å². The van der Waals surface area contributed by atoms with Gasteiger partial charge in [-0.05, 0) is 18.2 Å². The maximum absolute atomic E-state index is 12.1. The van der Waals surface area contributed by atoms with Gasteiger partial charge in [-0.1, -0.05) is 6.07 Å². The number of imidazole rings is 1. The fourth-order valence-electron chi connectivity index (χ4n) is 1.74. The van der Waals surface area contributed by atoms with Gasteiger partial charge in [-0.25, -0.2) is 13.4 Å². The smallest absolute Gasteiger partial charge is 0.265 e. The predicted octanol–water partition coefficient (Wildman–Crippen LogP) is 1.40. The van der Waals surface area contributed by atoms with Crippen molar-refractivity contribution in [2.45, 2.75) is 4.90 Å². The van der Waals surface area contributed by atoms with E-state index in [0.29, 0.717) is 5.69 Å². The van der Waals surface area contributed by atoms with Gasteiger partial charge in [0, 0.05) is 24.3 Å². The normalized spacial score (nSPS) is 11.4. The molecule has 2 N–H and O–H groups in total. The molecule has 0 saturated carbocycles. The summed E-state index contributed by atoms with van der Waals surface area (Å²) in [6, 6.07) is 7.03. The van der Waals surface area contributed by atoms with Crippen molar-refractivity contribution in [3.8, 4) is 5.69 Å². The van der Waals surface area contributed by atoms with Crippen molar-refractivity contribution in [2.75, 3.05) is 4.72 Å². The van der Waals surface area contributed by atoms with Crippen molar-refractivity contribution in [3.63, 3.8) is 0 Å². The predicted molar refractivity (Wildman–Crippen MR) is 73.0 cm³/mol. The first-order valence-corrected chi connectivity index (χ1v) is 7.23. The summed E-state index contributed by atoms with van der Waals surface area (Å²) in [7, 11) is -3.62. The zero-order valence-corrected chi connectivity index (χ0v) is 11.1. The van der Waals surface area contributed by atoms with Gasteiger partial charge in [-0.15, -0.1) is 0 Å². The van der Waals surface area contributed by atoms with Gasteiger partial charge >= 0.3 is 0 Å². The Bertz CT molecular complexity index is 794. The van der Waals surface area contributed by atoms with Gasteiger partial charge in [-0.3, -0.25) is 9.82 Å². The van der Waals surface area contributed by atoms with Crippen molar-refractivity contribution >= 4 is 15.7 Å². The second kappa shape index (κ2) is 4.82. The van der Waals surface area contributed by atoms with Gasteiger partial charge in [0.25, 0.3) is 10.0 Å². The highest BCUT2D eigenvalue weighted by Crippen LogP contribution is 2.18. The van der Waals surface area contributed by atoms with Crippen LogP contribution in [-0.2, 0) is 10.0 Å². The first-order valence-electron chi connectivity index (χ1n) is 5.75. The summed E-state index contributed by atoms with van der Waals surface area (Å²) in [5.41, 5.74) is 1.28. The maximum Gasteiger partial charge on any atom is 0.265 e. The molecule has 3 aromatic rings. The lowest BCUT2D eigenvalue weighted by Gasteiger charge is -2.08. The number of rotatable bonds is 4. The molecule has 0 spiro atoms. The molecule has 8 heteroatoms. The molecule has 0 aliphatic rings. The molecule has 0 unspecified atom stereocenters. The fraction of sp³-hybridized carbons (Fsp3) is 0. The van der Waals surface area contributed by atoms with E-state index in [-0.39, 0.29) is 4.90 Å². The van der Waals surface area contributed by atoms with E-state index in [2.05, 4.69) is 19.9 Å². The van der Waals surface area contributed by atoms with E-state index >= 15 is 0 Å². The third-order valence-electron chi connectivity index (χ3n) is 2.68. The van der Waals surface area contributed by atoms with Crippen LogP contribution in [0.15, 0.2) is 60.3 Å². The minimum absolute atomic E-state index is 0.0885. The van der Waals surface area contributed by atoms with E-state index in [0.717, 1.165) is 5.69 Å². The lowest BCUT2D eigenvalue weighted by molar-refractivity contribution is 0.601. The van der Waals surface area contributed by atoms with Crippen molar-refractivity contribution in [1.82, 2.24) is 19.7 Å². The van der Waals surface area contributed by atoms with Crippen LogP contribution in [0.2, 0.25) is 0 Å². The number of hydrogen-bond acceptors (Lipinski definition) is 4. The number of nitrogens with zero attached hydrogens (tertiary/aromatic N) is 3. The van der Waals surface area contributed by atoms with Gasteiger partial charge in [0.2, 0.25) is 0 Å². The lowest BCUT2D eigenvalue weighted by Crippen LogP contribution is -2.12. The zero-order chi connectivity index (χ0) is 14.0. The van der Waals surface area contributed by atoms with Crippen LogP contribution >= 0.6 is 0 Å². The monoisotopic (exact) mass is 289 g/mol. The van der Waals surface area contributed by atoms with E-state index in [9.17, 15) is 8.42 Å². The maximum atomic E-state index is 12.1. The number of H-pyrrole nitrogens is 1. The Morgan fingerprint density at radius 3 is 2.90 bits per heavy atom. The van der Waals surface area contributed by atoms with Crippen molar-refractivity contribution in [3.05, 3.63) is 55.4 Å². The molecule has 0 saturated heterocycles. The molecule has 0 bridgehead atoms. The minimum Gasteiger partial charge on any atom is -0.306 e. The first-order chi connectivity index (χ1) is 9.65. The summed E-state index contributed by atoms with van der Waals surface area (Å²) < 4.78 is 28.4. The van der Waals surface area contributed by atoms with Crippen LogP contribution in [0.1, 0.15) is 0 Å². The molecular weight excluding hydrogens is 278 g/mol. The van der Waals surface area contributed by atoms with E-state index in [1.165, 1.54) is 12.4 Å². The van der Waals surface area contributed by atoms with Gasteiger partial charge in [-0.2, -0.15) is 5.10 Å². The summed E-state index contributed by atoms with van der Waals surface area (Å²) in [5.74, 6) is 0. The van der Waals surface area contributed by atoms with E-state index in [1.807, 2.05) is 6.07 Å². The van der Waals surface area contributed by atoms with Crippen LogP contribution in [0.3, 0.4) is 0 Å². The highest BCUT2D eigenvalue weighted by Gasteiger charge is 2.15. The molecule has 2 heterocycles. The number of aromatic amines is 1. The van der Waals surface area contributed by atoms with Crippen LogP contribution in [0.25, 0.3) is 5.69 Å². The average Bonchev–Trinajstić information content (AvgIpc) is 3.12. The van der Waals surface area contributed by atoms with Crippen molar-refractivity contribution < 1.29 is 8.42 Å². The SMILES string of the molecule is O=S(=O)(Nc1cccc(-n2ccnc2)c1)c1cn[nH]c1. The molecule has 2 aromatic heterocycles. The van der Waals surface area contributed by atoms with Gasteiger partial charge in [0.1, 0.15) is 4.90 Å². The van der Waals surface area contributed by atoms with Crippen LogP contribution in [0.4, 0.5) is 5.69 Å². The van der Waals surface area contributed by atoms with Crippen LogP contribution in [0.5, 0.6) is 0 Å². The molecule has 0 aliphatic carbocycles. The molecular formula is C12H11N5O2S. The summed E-state index contributed by atoms with van der Waals surface area (Å²) in [5, 5.41) is 6.11. The number of nitrogens with one attached hydrogen (secondary N) is 2. The molecule has 0 atom stereocenters. The zero-order valence-electron chi connectivity index (χ0n) is 10.3. The third-order valence-corrected chi connectivity index (χ3v) is 4.03. The standard InChI is InChI=1S/C12H11N5O2S/c18-20(19,12-7-14-15-8-12)16-10-2-1-3-11(6-10)17-5-4-13-9-17/h1-9,16H,(H,14,15). The summed E-state index contributed by atoms with van der Waals surface area (Å²) in [4.78, 5) is 4.04. The lowest BCUT2D eigenvalue weighted by atomic mass is 10.3. The molecule has 0 amide bonds. The molecule has 0 aliphatic heterocycles. The molecule has 0 radical (unpaired) electrons. The second-order valence-electron chi connectivity index (χ2n) is 4.06. The highest BCUT2D eigenvalue weighted by molar-refractivity contribution is 7.92. The van der Waals surface area contributed by atoms with Gasteiger partial charge in [0.15, 0.2) is 0 Å². The van der Waals surface area contributed by atoms with E-state index < -0.39 is 10.0 Å². The second-order valence-corrected chi connectivity index (χ2v) is 5.74. The summed E-state index contributed by atoms with van der Waals surface area (Å²) >= 11 is 0. The van der Waals surface area contributed by atoms with Crippen LogP contribution in [0, 0.1) is 0 Å². The topological polar surface area (TPSA) is 92.7 Å². The molecule has 0 fully saturated rings. The molecule has 20 heavy (non-hydrogen) atoms. The Labute approximate surface area is 115 Å². The molecule has 7 nitrogen and oxygen atoms in total. The number of benzene rings is 1. The molecule has 3 rings (SSSR count). The van der Waals surface area contributed by atoms with Crippen LogP contribution in [-0.4, -0.2) is 28.2 Å². The molecule has 1 aromatic carbocycles.